The second-order valence-electron chi connectivity index (χ2n) is 4.16. The van der Waals surface area contributed by atoms with Crippen LogP contribution in [0.3, 0.4) is 0 Å². The van der Waals surface area contributed by atoms with Gasteiger partial charge in [-0.1, -0.05) is 36.4 Å². The largest absolute Gasteiger partial charge is 0.342 e. The first-order valence-corrected chi connectivity index (χ1v) is 5.78. The van der Waals surface area contributed by atoms with Gasteiger partial charge in [-0.3, -0.25) is 0 Å². The average Bonchev–Trinajstić information content (AvgIpc) is 2.82. The second-order valence-corrected chi connectivity index (χ2v) is 4.16. The highest BCUT2D eigenvalue weighted by molar-refractivity contribution is 5.81. The van der Waals surface area contributed by atoms with Crippen LogP contribution in [0, 0.1) is 11.3 Å². The van der Waals surface area contributed by atoms with Crippen LogP contribution < -0.4 is 0 Å². The van der Waals surface area contributed by atoms with Crippen molar-refractivity contribution in [2.24, 2.45) is 0 Å². The number of nitriles is 1. The van der Waals surface area contributed by atoms with Crippen LogP contribution in [-0.2, 0) is 6.42 Å². The minimum atomic E-state index is 0.614. The molecule has 18 heavy (non-hydrogen) atoms. The van der Waals surface area contributed by atoms with Crippen LogP contribution in [0.2, 0.25) is 0 Å². The smallest absolute Gasteiger partial charge is 0.111 e. The number of rotatable bonds is 2. The van der Waals surface area contributed by atoms with E-state index in [-0.39, 0.29) is 0 Å². The van der Waals surface area contributed by atoms with Crippen LogP contribution in [0.25, 0.3) is 11.0 Å². The molecule has 0 fully saturated rings. The number of aromatic amines is 1. The topological polar surface area (TPSA) is 52.5 Å². The van der Waals surface area contributed by atoms with Crippen molar-refractivity contribution in [2.45, 2.75) is 6.42 Å². The summed E-state index contributed by atoms with van der Waals surface area (Å²) in [6.45, 7) is 0. The number of aromatic nitrogens is 2. The van der Waals surface area contributed by atoms with Gasteiger partial charge < -0.3 is 4.98 Å². The highest BCUT2D eigenvalue weighted by Crippen LogP contribution is 2.17. The van der Waals surface area contributed by atoms with Gasteiger partial charge in [-0.25, -0.2) is 4.98 Å². The number of nitrogens with one attached hydrogen (secondary N) is 1. The Balaban J connectivity index is 2.02. The van der Waals surface area contributed by atoms with E-state index in [9.17, 15) is 0 Å². The third-order valence-electron chi connectivity index (χ3n) is 2.90. The summed E-state index contributed by atoms with van der Waals surface area (Å²) in [5, 5.41) is 9.03. The molecule has 0 unspecified atom stereocenters. The third-order valence-corrected chi connectivity index (χ3v) is 2.90. The van der Waals surface area contributed by atoms with Crippen molar-refractivity contribution in [1.29, 1.82) is 5.26 Å². The lowest BCUT2D eigenvalue weighted by atomic mass is 10.1. The van der Waals surface area contributed by atoms with Crippen LogP contribution in [0.4, 0.5) is 0 Å². The number of nitrogens with zero attached hydrogens (tertiary/aromatic N) is 2. The van der Waals surface area contributed by atoms with Gasteiger partial charge >= 0.3 is 0 Å². The summed E-state index contributed by atoms with van der Waals surface area (Å²) in [4.78, 5) is 7.76. The van der Waals surface area contributed by atoms with Crippen LogP contribution in [-0.4, -0.2) is 9.97 Å². The quantitative estimate of drug-likeness (QED) is 0.739. The van der Waals surface area contributed by atoms with Crippen LogP contribution in [0.1, 0.15) is 17.0 Å². The molecule has 0 saturated carbocycles. The molecule has 3 aromatic rings. The molecular formula is C15H11N3. The van der Waals surface area contributed by atoms with Crippen molar-refractivity contribution in [3.8, 4) is 6.07 Å². The molecule has 86 valence electrons. The van der Waals surface area contributed by atoms with Gasteiger partial charge in [-0.2, -0.15) is 5.26 Å². The molecule has 3 rings (SSSR count). The molecule has 0 aliphatic carbocycles. The lowest BCUT2D eigenvalue weighted by Gasteiger charge is -1.96. The van der Waals surface area contributed by atoms with Gasteiger partial charge in [0.15, 0.2) is 0 Å². The Labute approximate surface area is 105 Å². The number of benzene rings is 2. The van der Waals surface area contributed by atoms with Crippen molar-refractivity contribution < 1.29 is 0 Å². The maximum atomic E-state index is 9.03. The zero-order valence-corrected chi connectivity index (χ0v) is 9.72. The lowest BCUT2D eigenvalue weighted by molar-refractivity contribution is 1.04. The maximum Gasteiger partial charge on any atom is 0.111 e. The van der Waals surface area contributed by atoms with Crippen molar-refractivity contribution in [3.63, 3.8) is 0 Å². The summed E-state index contributed by atoms with van der Waals surface area (Å²) in [6, 6.07) is 17.9. The third kappa shape index (κ3) is 1.85. The van der Waals surface area contributed by atoms with E-state index in [1.165, 1.54) is 5.56 Å². The van der Waals surface area contributed by atoms with Gasteiger partial charge in [0.25, 0.3) is 0 Å². The number of hydrogen-bond donors (Lipinski definition) is 1. The molecule has 1 heterocycles. The van der Waals surface area contributed by atoms with Crippen LogP contribution in [0.15, 0.2) is 48.5 Å². The first-order valence-electron chi connectivity index (χ1n) is 5.78. The summed E-state index contributed by atoms with van der Waals surface area (Å²) in [6.07, 6.45) is 0.750. The predicted molar refractivity (Wildman–Crippen MR) is 70.1 cm³/mol. The van der Waals surface area contributed by atoms with Crippen LogP contribution in [0.5, 0.6) is 0 Å². The highest BCUT2D eigenvalue weighted by atomic mass is 14.9. The Morgan fingerprint density at radius 3 is 2.67 bits per heavy atom. The van der Waals surface area contributed by atoms with E-state index in [1.54, 1.807) is 6.07 Å². The molecule has 1 aromatic heterocycles. The minimum Gasteiger partial charge on any atom is -0.342 e. The number of para-hydroxylation sites is 1. The zero-order chi connectivity index (χ0) is 12.4. The van der Waals surface area contributed by atoms with Gasteiger partial charge in [-0.15, -0.1) is 0 Å². The van der Waals surface area contributed by atoms with E-state index < -0.39 is 0 Å². The Kier molecular flexibility index (Phi) is 2.54. The molecule has 0 spiro atoms. The van der Waals surface area contributed by atoms with E-state index >= 15 is 0 Å². The Bertz CT molecular complexity index is 720. The molecule has 0 saturated heterocycles. The van der Waals surface area contributed by atoms with E-state index in [2.05, 4.69) is 28.2 Å². The highest BCUT2D eigenvalue weighted by Gasteiger charge is 2.07. The van der Waals surface area contributed by atoms with Gasteiger partial charge in [0.1, 0.15) is 17.4 Å². The Morgan fingerprint density at radius 1 is 1.06 bits per heavy atom. The van der Waals surface area contributed by atoms with E-state index in [0.717, 1.165) is 23.3 Å². The normalized spacial score (nSPS) is 10.4. The number of imidazole rings is 1. The van der Waals surface area contributed by atoms with Gasteiger partial charge in [-0.05, 0) is 17.7 Å². The predicted octanol–water partition coefficient (Wildman–Crippen LogP) is 3.03. The summed E-state index contributed by atoms with van der Waals surface area (Å²) < 4.78 is 0. The van der Waals surface area contributed by atoms with Gasteiger partial charge in [0.05, 0.1) is 11.1 Å². The number of hydrogen-bond acceptors (Lipinski definition) is 2. The van der Waals surface area contributed by atoms with Crippen molar-refractivity contribution >= 4 is 11.0 Å². The fraction of sp³-hybridized carbons (Fsp3) is 0.0667. The maximum absolute atomic E-state index is 9.03. The molecule has 3 nitrogen and oxygen atoms in total. The van der Waals surface area contributed by atoms with Crippen molar-refractivity contribution in [3.05, 3.63) is 65.5 Å². The first kappa shape index (κ1) is 10.5. The fourth-order valence-corrected chi connectivity index (χ4v) is 2.05. The summed E-state index contributed by atoms with van der Waals surface area (Å²) in [5.41, 5.74) is 3.49. The molecule has 1 N–H and O–H groups in total. The average molecular weight is 233 g/mol. The van der Waals surface area contributed by atoms with Gasteiger partial charge in [0, 0.05) is 6.42 Å². The standard InChI is InChI=1S/C15H11N3/c16-10-12-7-4-8-13-15(12)18-14(17-13)9-11-5-2-1-3-6-11/h1-8H,9H2,(H,17,18). The molecule has 0 aliphatic heterocycles. The number of fused-ring (bicyclic) bond motifs is 1. The molecular weight excluding hydrogens is 222 g/mol. The van der Waals surface area contributed by atoms with E-state index in [4.69, 9.17) is 5.26 Å². The zero-order valence-electron chi connectivity index (χ0n) is 9.72. The monoisotopic (exact) mass is 233 g/mol. The molecule has 0 aliphatic rings. The van der Waals surface area contributed by atoms with Crippen molar-refractivity contribution in [2.75, 3.05) is 0 Å². The molecule has 0 amide bonds. The lowest BCUT2D eigenvalue weighted by Crippen LogP contribution is -1.89. The molecule has 2 aromatic carbocycles. The summed E-state index contributed by atoms with van der Waals surface area (Å²) in [7, 11) is 0. The Hall–Kier alpha value is -2.60. The molecule has 0 atom stereocenters. The molecule has 3 heteroatoms. The minimum absolute atomic E-state index is 0.614. The van der Waals surface area contributed by atoms with Crippen LogP contribution >= 0.6 is 0 Å². The first-order chi connectivity index (χ1) is 8.86. The molecule has 0 radical (unpaired) electrons. The Morgan fingerprint density at radius 2 is 1.89 bits per heavy atom. The summed E-state index contributed by atoms with van der Waals surface area (Å²) >= 11 is 0. The van der Waals surface area contributed by atoms with E-state index in [1.807, 2.05) is 30.3 Å². The van der Waals surface area contributed by atoms with E-state index in [0.29, 0.717) is 5.56 Å². The molecule has 0 bridgehead atoms. The van der Waals surface area contributed by atoms with Crippen molar-refractivity contribution in [1.82, 2.24) is 9.97 Å². The second kappa shape index (κ2) is 4.34. The number of H-pyrrole nitrogens is 1. The summed E-state index contributed by atoms with van der Waals surface area (Å²) in [5.74, 6) is 0.888. The fourth-order valence-electron chi connectivity index (χ4n) is 2.05. The SMILES string of the molecule is N#Cc1cccc2[nH]c(Cc3ccccc3)nc12. The van der Waals surface area contributed by atoms with Gasteiger partial charge in [0.2, 0.25) is 0 Å².